The Bertz CT molecular complexity index is 326. The topological polar surface area (TPSA) is 47.0 Å². The summed E-state index contributed by atoms with van der Waals surface area (Å²) in [4.78, 5) is 8.50. The molecule has 0 aromatic carbocycles. The fraction of sp³-hybridized carbons (Fsp3) is 0.667. The largest absolute Gasteiger partial charge is 0.476 e. The number of hydrogen-bond donors (Lipinski definition) is 1. The number of aromatic nitrogens is 2. The van der Waals surface area contributed by atoms with Gasteiger partial charge in [0, 0.05) is 12.2 Å². The monoisotopic (exact) mass is 223 g/mol. The van der Waals surface area contributed by atoms with Gasteiger partial charge in [0.25, 0.3) is 0 Å². The van der Waals surface area contributed by atoms with Crippen molar-refractivity contribution in [3.8, 4) is 5.88 Å². The van der Waals surface area contributed by atoms with Crippen LogP contribution in [-0.4, -0.2) is 29.2 Å². The lowest BCUT2D eigenvalue weighted by Gasteiger charge is -2.10. The van der Waals surface area contributed by atoms with E-state index in [4.69, 9.17) is 4.74 Å². The minimum absolute atomic E-state index is 0.528. The van der Waals surface area contributed by atoms with Crippen LogP contribution in [0.4, 0.5) is 0 Å². The van der Waals surface area contributed by atoms with E-state index >= 15 is 0 Å². The highest BCUT2D eigenvalue weighted by Gasteiger charge is 2.02. The van der Waals surface area contributed by atoms with Crippen molar-refractivity contribution in [3.63, 3.8) is 0 Å². The Kier molecular flexibility index (Phi) is 5.19. The second-order valence-electron chi connectivity index (χ2n) is 4.21. The van der Waals surface area contributed by atoms with Crippen LogP contribution in [0.2, 0.25) is 0 Å². The molecule has 0 unspecified atom stereocenters. The van der Waals surface area contributed by atoms with Gasteiger partial charge in [-0.25, -0.2) is 4.98 Å². The van der Waals surface area contributed by atoms with E-state index in [1.165, 1.54) is 0 Å². The van der Waals surface area contributed by atoms with Crippen LogP contribution < -0.4 is 10.1 Å². The van der Waals surface area contributed by atoms with Crippen LogP contribution in [0.1, 0.15) is 31.7 Å². The van der Waals surface area contributed by atoms with Gasteiger partial charge < -0.3 is 10.1 Å². The molecule has 0 aliphatic rings. The van der Waals surface area contributed by atoms with Gasteiger partial charge in [0.2, 0.25) is 5.88 Å². The molecule has 1 aromatic rings. The molecule has 1 aromatic heterocycles. The molecular formula is C12H21N3O. The third kappa shape index (κ3) is 4.57. The predicted octanol–water partition coefficient (Wildman–Crippen LogP) is 1.86. The third-order valence-corrected chi connectivity index (χ3v) is 2.14. The first-order valence-electron chi connectivity index (χ1n) is 5.76. The highest BCUT2D eigenvalue weighted by molar-refractivity contribution is 5.17. The molecule has 1 heterocycles. The van der Waals surface area contributed by atoms with Crippen molar-refractivity contribution < 1.29 is 4.74 Å². The first-order valence-corrected chi connectivity index (χ1v) is 5.76. The SMILES string of the molecule is Cc1cnc(C)c(OCCCNC(C)C)n1. The van der Waals surface area contributed by atoms with Crippen molar-refractivity contribution >= 4 is 0 Å². The zero-order chi connectivity index (χ0) is 12.0. The van der Waals surface area contributed by atoms with Crippen LogP contribution in [0.15, 0.2) is 6.20 Å². The van der Waals surface area contributed by atoms with E-state index in [2.05, 4.69) is 29.1 Å². The lowest BCUT2D eigenvalue weighted by molar-refractivity contribution is 0.291. The van der Waals surface area contributed by atoms with Crippen LogP contribution in [0, 0.1) is 13.8 Å². The maximum Gasteiger partial charge on any atom is 0.235 e. The summed E-state index contributed by atoms with van der Waals surface area (Å²) in [6, 6.07) is 0.528. The number of ether oxygens (including phenoxy) is 1. The molecule has 0 bridgehead atoms. The Morgan fingerprint density at radius 2 is 2.12 bits per heavy atom. The van der Waals surface area contributed by atoms with E-state index in [1.807, 2.05) is 13.8 Å². The standard InChI is InChI=1S/C12H21N3O/c1-9(2)13-6-5-7-16-12-11(4)14-8-10(3)15-12/h8-9,13H,5-7H2,1-4H3. The van der Waals surface area contributed by atoms with Gasteiger partial charge in [0.1, 0.15) is 0 Å². The van der Waals surface area contributed by atoms with Gasteiger partial charge in [-0.15, -0.1) is 0 Å². The molecule has 0 radical (unpaired) electrons. The number of hydrogen-bond acceptors (Lipinski definition) is 4. The van der Waals surface area contributed by atoms with Crippen molar-refractivity contribution in [2.45, 2.75) is 40.2 Å². The third-order valence-electron chi connectivity index (χ3n) is 2.14. The highest BCUT2D eigenvalue weighted by Crippen LogP contribution is 2.11. The quantitative estimate of drug-likeness (QED) is 0.748. The summed E-state index contributed by atoms with van der Waals surface area (Å²) in [5.41, 5.74) is 1.74. The molecule has 1 N–H and O–H groups in total. The molecular weight excluding hydrogens is 202 g/mol. The molecule has 0 fully saturated rings. The summed E-state index contributed by atoms with van der Waals surface area (Å²) in [6.45, 7) is 9.75. The van der Waals surface area contributed by atoms with E-state index in [0.29, 0.717) is 18.5 Å². The first-order chi connectivity index (χ1) is 7.59. The van der Waals surface area contributed by atoms with E-state index in [0.717, 1.165) is 24.4 Å². The smallest absolute Gasteiger partial charge is 0.235 e. The second-order valence-corrected chi connectivity index (χ2v) is 4.21. The summed E-state index contributed by atoms with van der Waals surface area (Å²) < 4.78 is 5.59. The van der Waals surface area contributed by atoms with E-state index in [1.54, 1.807) is 6.20 Å². The van der Waals surface area contributed by atoms with Gasteiger partial charge in [-0.2, -0.15) is 0 Å². The summed E-state index contributed by atoms with van der Waals surface area (Å²) in [6.07, 6.45) is 2.73. The lowest BCUT2D eigenvalue weighted by atomic mass is 10.3. The zero-order valence-corrected chi connectivity index (χ0v) is 10.6. The molecule has 16 heavy (non-hydrogen) atoms. The zero-order valence-electron chi connectivity index (χ0n) is 10.6. The molecule has 0 aliphatic heterocycles. The molecule has 4 heteroatoms. The Morgan fingerprint density at radius 3 is 2.81 bits per heavy atom. The van der Waals surface area contributed by atoms with Crippen LogP contribution in [-0.2, 0) is 0 Å². The number of aryl methyl sites for hydroxylation is 2. The van der Waals surface area contributed by atoms with Crippen molar-refractivity contribution in [3.05, 3.63) is 17.6 Å². The Hall–Kier alpha value is -1.16. The van der Waals surface area contributed by atoms with Crippen LogP contribution in [0.25, 0.3) is 0 Å². The molecule has 0 aliphatic carbocycles. The summed E-state index contributed by atoms with van der Waals surface area (Å²) in [7, 11) is 0. The average molecular weight is 223 g/mol. The molecule has 0 spiro atoms. The minimum atomic E-state index is 0.528. The fourth-order valence-corrected chi connectivity index (χ4v) is 1.28. The van der Waals surface area contributed by atoms with E-state index in [9.17, 15) is 0 Å². The van der Waals surface area contributed by atoms with Gasteiger partial charge in [-0.05, 0) is 26.8 Å². The highest BCUT2D eigenvalue weighted by atomic mass is 16.5. The number of nitrogens with one attached hydrogen (secondary N) is 1. The first kappa shape index (κ1) is 12.9. The van der Waals surface area contributed by atoms with Gasteiger partial charge in [-0.3, -0.25) is 4.98 Å². The normalized spacial score (nSPS) is 10.8. The number of rotatable bonds is 6. The van der Waals surface area contributed by atoms with Crippen molar-refractivity contribution in [2.24, 2.45) is 0 Å². The molecule has 1 rings (SSSR count). The molecule has 0 saturated carbocycles. The summed E-state index contributed by atoms with van der Waals surface area (Å²) >= 11 is 0. The molecule has 90 valence electrons. The molecule has 4 nitrogen and oxygen atoms in total. The van der Waals surface area contributed by atoms with E-state index in [-0.39, 0.29) is 0 Å². The van der Waals surface area contributed by atoms with Crippen LogP contribution >= 0.6 is 0 Å². The van der Waals surface area contributed by atoms with Gasteiger partial charge in [0.15, 0.2) is 0 Å². The van der Waals surface area contributed by atoms with E-state index < -0.39 is 0 Å². The van der Waals surface area contributed by atoms with Crippen LogP contribution in [0.3, 0.4) is 0 Å². The average Bonchev–Trinajstić information content (AvgIpc) is 2.22. The maximum atomic E-state index is 5.59. The fourth-order valence-electron chi connectivity index (χ4n) is 1.28. The summed E-state index contributed by atoms with van der Waals surface area (Å²) in [5, 5.41) is 3.34. The summed E-state index contributed by atoms with van der Waals surface area (Å²) in [5.74, 6) is 0.657. The van der Waals surface area contributed by atoms with Crippen molar-refractivity contribution in [1.82, 2.24) is 15.3 Å². The van der Waals surface area contributed by atoms with Crippen molar-refractivity contribution in [1.29, 1.82) is 0 Å². The Morgan fingerprint density at radius 1 is 1.38 bits per heavy atom. The van der Waals surface area contributed by atoms with Gasteiger partial charge in [0.05, 0.1) is 18.0 Å². The van der Waals surface area contributed by atoms with Gasteiger partial charge >= 0.3 is 0 Å². The minimum Gasteiger partial charge on any atom is -0.476 e. The van der Waals surface area contributed by atoms with Crippen molar-refractivity contribution in [2.75, 3.05) is 13.2 Å². The van der Waals surface area contributed by atoms with Crippen LogP contribution in [0.5, 0.6) is 5.88 Å². The molecule has 0 saturated heterocycles. The number of nitrogens with zero attached hydrogens (tertiary/aromatic N) is 2. The second kappa shape index (κ2) is 6.43. The molecule has 0 amide bonds. The molecule has 0 atom stereocenters. The Balaban J connectivity index is 2.29. The Labute approximate surface area is 97.5 Å². The van der Waals surface area contributed by atoms with Gasteiger partial charge in [-0.1, -0.05) is 13.8 Å². The maximum absolute atomic E-state index is 5.59. The lowest BCUT2D eigenvalue weighted by Crippen LogP contribution is -2.24. The predicted molar refractivity (Wildman–Crippen MR) is 64.8 cm³/mol.